The summed E-state index contributed by atoms with van der Waals surface area (Å²) in [6.07, 6.45) is 2.90. The Morgan fingerprint density at radius 3 is 2.65 bits per heavy atom. The molecule has 34 heavy (non-hydrogen) atoms. The number of aromatic amines is 1. The highest BCUT2D eigenvalue weighted by Gasteiger charge is 2.21. The van der Waals surface area contributed by atoms with Crippen LogP contribution in [0, 0.1) is 5.82 Å². The fraction of sp³-hybridized carbons (Fsp3) is 0.182. The largest absolute Gasteiger partial charge is 0.480 e. The highest BCUT2D eigenvalue weighted by Crippen LogP contribution is 2.28. The van der Waals surface area contributed by atoms with Gasteiger partial charge in [-0.05, 0) is 50.2 Å². The van der Waals surface area contributed by atoms with Gasteiger partial charge in [0.1, 0.15) is 16.4 Å². The Labute approximate surface area is 194 Å². The molecule has 0 atom stereocenters. The average molecular weight is 485 g/mol. The van der Waals surface area contributed by atoms with E-state index in [0.29, 0.717) is 11.3 Å². The number of hydrogen-bond donors (Lipinski definition) is 3. The lowest BCUT2D eigenvalue weighted by Gasteiger charge is -2.12. The molecule has 10 nitrogen and oxygen atoms in total. The van der Waals surface area contributed by atoms with Gasteiger partial charge in [0.05, 0.1) is 12.7 Å². The average Bonchev–Trinajstić information content (AvgIpc) is 2.79. The molecular formula is C22H21FN6O4S. The van der Waals surface area contributed by atoms with Crippen LogP contribution >= 0.6 is 0 Å². The number of sulfonamides is 1. The summed E-state index contributed by atoms with van der Waals surface area (Å²) < 4.78 is 47.8. The maximum absolute atomic E-state index is 14.7. The zero-order valence-electron chi connectivity index (χ0n) is 18.5. The molecule has 0 radical (unpaired) electrons. The number of pyridine rings is 2. The van der Waals surface area contributed by atoms with Crippen molar-refractivity contribution in [3.05, 3.63) is 65.0 Å². The number of hydrogen-bond acceptors (Lipinski definition) is 8. The summed E-state index contributed by atoms with van der Waals surface area (Å²) in [5.41, 5.74) is -0.346. The van der Waals surface area contributed by atoms with Crippen molar-refractivity contribution in [2.45, 2.75) is 24.8 Å². The van der Waals surface area contributed by atoms with Crippen LogP contribution in [0.5, 0.6) is 5.88 Å². The minimum absolute atomic E-state index is 0.00169. The monoisotopic (exact) mass is 484 g/mol. The molecule has 3 aromatic heterocycles. The summed E-state index contributed by atoms with van der Waals surface area (Å²) >= 11 is 0. The van der Waals surface area contributed by atoms with Crippen LogP contribution in [0.15, 0.2) is 58.5 Å². The number of ether oxygens (including phenoxy) is 1. The molecule has 4 rings (SSSR count). The van der Waals surface area contributed by atoms with Crippen molar-refractivity contribution in [2.75, 3.05) is 17.1 Å². The summed E-state index contributed by atoms with van der Waals surface area (Å²) in [7, 11) is -2.80. The van der Waals surface area contributed by atoms with Gasteiger partial charge < -0.3 is 15.0 Å². The number of fused-ring (bicyclic) bond motifs is 1. The van der Waals surface area contributed by atoms with Gasteiger partial charge in [0.25, 0.3) is 15.6 Å². The van der Waals surface area contributed by atoms with Crippen molar-refractivity contribution < 1.29 is 17.5 Å². The second-order valence-corrected chi connectivity index (χ2v) is 9.27. The molecule has 1 aromatic carbocycles. The van der Waals surface area contributed by atoms with Crippen LogP contribution in [0.4, 0.5) is 16.0 Å². The van der Waals surface area contributed by atoms with E-state index in [1.807, 2.05) is 13.8 Å². The SMILES string of the molecule is COc1ncccc1S(=O)(=O)Nc1ccc(F)c(-c2cc3cnc(NC(C)C)nc3[nH]c2=O)c1. The van der Waals surface area contributed by atoms with E-state index in [4.69, 9.17) is 4.74 Å². The maximum Gasteiger partial charge on any atom is 0.267 e. The second-order valence-electron chi connectivity index (χ2n) is 7.62. The van der Waals surface area contributed by atoms with Crippen molar-refractivity contribution in [1.29, 1.82) is 0 Å². The topological polar surface area (TPSA) is 139 Å². The smallest absolute Gasteiger partial charge is 0.267 e. The summed E-state index contributed by atoms with van der Waals surface area (Å²) in [6.45, 7) is 3.85. The van der Waals surface area contributed by atoms with Gasteiger partial charge in [0, 0.05) is 35.1 Å². The molecular weight excluding hydrogens is 463 g/mol. The quantitative estimate of drug-likeness (QED) is 0.364. The van der Waals surface area contributed by atoms with E-state index in [0.717, 1.165) is 6.07 Å². The molecule has 0 saturated carbocycles. The van der Waals surface area contributed by atoms with E-state index in [2.05, 4.69) is 30.0 Å². The number of nitrogens with zero attached hydrogens (tertiary/aromatic N) is 3. The van der Waals surface area contributed by atoms with Crippen molar-refractivity contribution >= 4 is 32.7 Å². The summed E-state index contributed by atoms with van der Waals surface area (Å²) in [5, 5.41) is 3.52. The zero-order chi connectivity index (χ0) is 24.5. The number of halogens is 1. The minimum atomic E-state index is -4.10. The van der Waals surface area contributed by atoms with Crippen LogP contribution in [0.3, 0.4) is 0 Å². The normalized spacial score (nSPS) is 11.6. The predicted octanol–water partition coefficient (Wildman–Crippen LogP) is 3.15. The fourth-order valence-corrected chi connectivity index (χ4v) is 4.43. The first-order valence-corrected chi connectivity index (χ1v) is 11.6. The number of anilines is 2. The van der Waals surface area contributed by atoms with E-state index in [1.165, 1.54) is 49.8 Å². The number of methoxy groups -OCH3 is 1. The fourth-order valence-electron chi connectivity index (χ4n) is 3.26. The Morgan fingerprint density at radius 1 is 1.12 bits per heavy atom. The van der Waals surface area contributed by atoms with Gasteiger partial charge >= 0.3 is 0 Å². The van der Waals surface area contributed by atoms with Crippen LogP contribution in [-0.2, 0) is 10.0 Å². The molecule has 0 unspecified atom stereocenters. The number of nitrogens with one attached hydrogen (secondary N) is 3. The van der Waals surface area contributed by atoms with Gasteiger partial charge in [0.2, 0.25) is 11.8 Å². The van der Waals surface area contributed by atoms with E-state index < -0.39 is 21.4 Å². The molecule has 176 valence electrons. The van der Waals surface area contributed by atoms with Gasteiger partial charge in [0.15, 0.2) is 0 Å². The molecule has 12 heteroatoms. The molecule has 0 bridgehead atoms. The third-order valence-corrected chi connectivity index (χ3v) is 6.13. The van der Waals surface area contributed by atoms with Crippen LogP contribution in [0.1, 0.15) is 13.8 Å². The van der Waals surface area contributed by atoms with Crippen LogP contribution in [-0.4, -0.2) is 41.5 Å². The Kier molecular flexibility index (Phi) is 6.16. The number of aromatic nitrogens is 4. The van der Waals surface area contributed by atoms with E-state index in [1.54, 1.807) is 0 Å². The Morgan fingerprint density at radius 2 is 1.91 bits per heavy atom. The highest BCUT2D eigenvalue weighted by atomic mass is 32.2. The second kappa shape index (κ2) is 9.06. The van der Waals surface area contributed by atoms with E-state index in [9.17, 15) is 17.6 Å². The zero-order valence-corrected chi connectivity index (χ0v) is 19.3. The van der Waals surface area contributed by atoms with Crippen molar-refractivity contribution in [2.24, 2.45) is 0 Å². The molecule has 3 N–H and O–H groups in total. The van der Waals surface area contributed by atoms with Gasteiger partial charge in [-0.25, -0.2) is 22.8 Å². The maximum atomic E-state index is 14.7. The lowest BCUT2D eigenvalue weighted by Crippen LogP contribution is -2.16. The summed E-state index contributed by atoms with van der Waals surface area (Å²) in [6, 6.07) is 7.89. The molecule has 0 aliphatic rings. The molecule has 0 amide bonds. The van der Waals surface area contributed by atoms with Crippen LogP contribution in [0.25, 0.3) is 22.2 Å². The molecule has 0 aliphatic heterocycles. The molecule has 0 aliphatic carbocycles. The number of H-pyrrole nitrogens is 1. The molecule has 3 heterocycles. The summed E-state index contributed by atoms with van der Waals surface area (Å²) in [5.74, 6) is -0.445. The number of benzene rings is 1. The number of rotatable bonds is 7. The Bertz CT molecular complexity index is 1540. The van der Waals surface area contributed by atoms with Crippen LogP contribution < -0.4 is 20.3 Å². The van der Waals surface area contributed by atoms with E-state index in [-0.39, 0.29) is 39.3 Å². The summed E-state index contributed by atoms with van der Waals surface area (Å²) in [4.78, 5) is 27.6. The van der Waals surface area contributed by atoms with Crippen molar-refractivity contribution in [3.63, 3.8) is 0 Å². The van der Waals surface area contributed by atoms with Gasteiger partial charge in [-0.3, -0.25) is 9.52 Å². The minimum Gasteiger partial charge on any atom is -0.480 e. The first kappa shape index (κ1) is 23.1. The predicted molar refractivity (Wildman–Crippen MR) is 126 cm³/mol. The molecule has 0 fully saturated rings. The third-order valence-electron chi connectivity index (χ3n) is 4.74. The first-order chi connectivity index (χ1) is 16.2. The first-order valence-electron chi connectivity index (χ1n) is 10.2. The lowest BCUT2D eigenvalue weighted by molar-refractivity contribution is 0.385. The van der Waals surface area contributed by atoms with Crippen molar-refractivity contribution in [1.82, 2.24) is 19.9 Å². The third kappa shape index (κ3) is 4.66. The van der Waals surface area contributed by atoms with Gasteiger partial charge in [-0.15, -0.1) is 0 Å². The lowest BCUT2D eigenvalue weighted by atomic mass is 10.1. The van der Waals surface area contributed by atoms with Crippen LogP contribution in [0.2, 0.25) is 0 Å². The van der Waals surface area contributed by atoms with E-state index >= 15 is 0 Å². The molecule has 4 aromatic rings. The van der Waals surface area contributed by atoms with Gasteiger partial charge in [-0.1, -0.05) is 0 Å². The standard InChI is InChI=1S/C22H21FN6O4S/c1-12(2)26-22-25-11-13-9-16(20(30)27-19(13)28-22)15-10-14(6-7-17(15)23)29-34(31,32)18-5-4-8-24-21(18)33-3/h4-12,29H,1-3H3,(H2,25,26,27,28,30). The van der Waals surface area contributed by atoms with Gasteiger partial charge in [-0.2, -0.15) is 4.98 Å². The molecule has 0 saturated heterocycles. The highest BCUT2D eigenvalue weighted by molar-refractivity contribution is 7.92. The Balaban J connectivity index is 1.73. The Hall–Kier alpha value is -4.06. The van der Waals surface area contributed by atoms with Crippen molar-refractivity contribution in [3.8, 4) is 17.0 Å². The molecule has 0 spiro atoms.